The summed E-state index contributed by atoms with van der Waals surface area (Å²) >= 11 is 1.11. The molecule has 0 aliphatic carbocycles. The Labute approximate surface area is 152 Å². The van der Waals surface area contributed by atoms with Gasteiger partial charge in [-0.3, -0.25) is 4.57 Å². The SMILES string of the molecule is CCOC(=O)c1nc(COC(=O)C(C)n2c(=O)oc3ccccc32)cs1. The normalized spacial score (nSPS) is 12.1. The van der Waals surface area contributed by atoms with E-state index in [1.54, 1.807) is 43.5 Å². The molecule has 8 nitrogen and oxygen atoms in total. The maximum Gasteiger partial charge on any atom is 0.420 e. The number of para-hydroxylation sites is 2. The number of rotatable bonds is 6. The van der Waals surface area contributed by atoms with Crippen LogP contribution in [0.4, 0.5) is 0 Å². The van der Waals surface area contributed by atoms with Gasteiger partial charge in [-0.1, -0.05) is 12.1 Å². The van der Waals surface area contributed by atoms with Crippen molar-refractivity contribution in [3.05, 3.63) is 50.9 Å². The second-order valence-electron chi connectivity index (χ2n) is 5.35. The van der Waals surface area contributed by atoms with Crippen molar-refractivity contribution in [3.63, 3.8) is 0 Å². The van der Waals surface area contributed by atoms with Gasteiger partial charge in [0, 0.05) is 5.38 Å². The zero-order valence-corrected chi connectivity index (χ0v) is 14.9. The van der Waals surface area contributed by atoms with E-state index >= 15 is 0 Å². The van der Waals surface area contributed by atoms with E-state index in [9.17, 15) is 14.4 Å². The van der Waals surface area contributed by atoms with E-state index in [-0.39, 0.29) is 18.2 Å². The summed E-state index contributed by atoms with van der Waals surface area (Å²) < 4.78 is 16.4. The number of carbonyl (C=O) groups excluding carboxylic acids is 2. The highest BCUT2D eigenvalue weighted by Crippen LogP contribution is 2.18. The third-order valence-electron chi connectivity index (χ3n) is 3.61. The third kappa shape index (κ3) is 3.52. The minimum absolute atomic E-state index is 0.108. The predicted octanol–water partition coefficient (Wildman–Crippen LogP) is 2.53. The van der Waals surface area contributed by atoms with Crippen LogP contribution < -0.4 is 5.76 Å². The van der Waals surface area contributed by atoms with Crippen LogP contribution >= 0.6 is 11.3 Å². The number of aromatic nitrogens is 2. The summed E-state index contributed by atoms with van der Waals surface area (Å²) in [6, 6.07) is 5.96. The van der Waals surface area contributed by atoms with E-state index in [4.69, 9.17) is 13.9 Å². The summed E-state index contributed by atoms with van der Waals surface area (Å²) in [4.78, 5) is 40.0. The molecular formula is C17H16N2O6S. The molecule has 0 saturated carbocycles. The summed E-state index contributed by atoms with van der Waals surface area (Å²) in [5.74, 6) is -1.75. The van der Waals surface area contributed by atoms with Crippen molar-refractivity contribution >= 4 is 34.4 Å². The molecule has 1 atom stereocenters. The third-order valence-corrected chi connectivity index (χ3v) is 4.48. The Bertz CT molecular complexity index is 1000. The van der Waals surface area contributed by atoms with Gasteiger partial charge in [-0.25, -0.2) is 19.4 Å². The quantitative estimate of drug-likeness (QED) is 0.609. The molecule has 3 aromatic rings. The first-order chi connectivity index (χ1) is 12.5. The topological polar surface area (TPSA) is 101 Å². The number of hydrogen-bond donors (Lipinski definition) is 0. The lowest BCUT2D eigenvalue weighted by Gasteiger charge is -2.11. The van der Waals surface area contributed by atoms with Gasteiger partial charge in [-0.2, -0.15) is 0 Å². The van der Waals surface area contributed by atoms with Crippen molar-refractivity contribution < 1.29 is 23.5 Å². The van der Waals surface area contributed by atoms with Gasteiger partial charge in [0.05, 0.1) is 17.8 Å². The van der Waals surface area contributed by atoms with Gasteiger partial charge in [0.1, 0.15) is 12.6 Å². The highest BCUT2D eigenvalue weighted by molar-refractivity contribution is 7.11. The summed E-state index contributed by atoms with van der Waals surface area (Å²) in [6.07, 6.45) is 0. The average Bonchev–Trinajstić information content (AvgIpc) is 3.22. The fourth-order valence-electron chi connectivity index (χ4n) is 2.38. The molecule has 0 N–H and O–H groups in total. The fraction of sp³-hybridized carbons (Fsp3) is 0.294. The Hall–Kier alpha value is -2.94. The van der Waals surface area contributed by atoms with Gasteiger partial charge in [0.25, 0.3) is 0 Å². The molecule has 0 aliphatic rings. The number of fused-ring (bicyclic) bond motifs is 1. The molecule has 0 aliphatic heterocycles. The van der Waals surface area contributed by atoms with Crippen LogP contribution in [0, 0.1) is 0 Å². The molecule has 26 heavy (non-hydrogen) atoms. The van der Waals surface area contributed by atoms with Crippen molar-refractivity contribution in [2.75, 3.05) is 6.61 Å². The first-order valence-corrected chi connectivity index (χ1v) is 8.77. The zero-order valence-electron chi connectivity index (χ0n) is 14.1. The van der Waals surface area contributed by atoms with Crippen LogP contribution in [-0.4, -0.2) is 28.1 Å². The zero-order chi connectivity index (χ0) is 18.7. The fourth-order valence-corrected chi connectivity index (χ4v) is 3.08. The highest BCUT2D eigenvalue weighted by Gasteiger charge is 2.23. The second kappa shape index (κ2) is 7.52. The smallest absolute Gasteiger partial charge is 0.420 e. The Morgan fingerprint density at radius 3 is 2.85 bits per heavy atom. The van der Waals surface area contributed by atoms with Gasteiger partial charge in [0.2, 0.25) is 5.01 Å². The van der Waals surface area contributed by atoms with E-state index < -0.39 is 23.7 Å². The molecule has 0 spiro atoms. The van der Waals surface area contributed by atoms with Gasteiger partial charge in [-0.15, -0.1) is 11.3 Å². The van der Waals surface area contributed by atoms with Crippen molar-refractivity contribution in [2.24, 2.45) is 0 Å². The highest BCUT2D eigenvalue weighted by atomic mass is 32.1. The Kier molecular flexibility index (Phi) is 5.17. The summed E-state index contributed by atoms with van der Waals surface area (Å²) in [5.41, 5.74) is 1.35. The Morgan fingerprint density at radius 2 is 2.08 bits per heavy atom. The molecule has 1 aromatic carbocycles. The second-order valence-corrected chi connectivity index (χ2v) is 6.21. The maximum absolute atomic E-state index is 12.3. The number of benzene rings is 1. The van der Waals surface area contributed by atoms with Crippen LogP contribution in [0.2, 0.25) is 0 Å². The van der Waals surface area contributed by atoms with Crippen LogP contribution in [0.15, 0.2) is 38.9 Å². The van der Waals surface area contributed by atoms with Crippen LogP contribution in [0.25, 0.3) is 11.1 Å². The molecule has 2 heterocycles. The monoisotopic (exact) mass is 376 g/mol. The number of hydrogen-bond acceptors (Lipinski definition) is 8. The van der Waals surface area contributed by atoms with Crippen LogP contribution in [-0.2, 0) is 20.9 Å². The van der Waals surface area contributed by atoms with Crippen molar-refractivity contribution in [2.45, 2.75) is 26.5 Å². The Morgan fingerprint density at radius 1 is 1.31 bits per heavy atom. The molecule has 2 aromatic heterocycles. The van der Waals surface area contributed by atoms with Crippen LogP contribution in [0.3, 0.4) is 0 Å². The van der Waals surface area contributed by atoms with Crippen LogP contribution in [0.1, 0.15) is 35.4 Å². The van der Waals surface area contributed by atoms with E-state index in [0.29, 0.717) is 16.8 Å². The van der Waals surface area contributed by atoms with Crippen molar-refractivity contribution in [1.29, 1.82) is 0 Å². The van der Waals surface area contributed by atoms with Gasteiger partial charge in [-0.05, 0) is 26.0 Å². The first kappa shape index (κ1) is 17.9. The van der Waals surface area contributed by atoms with E-state index in [1.807, 2.05) is 0 Å². The van der Waals surface area contributed by atoms with Gasteiger partial charge in [0.15, 0.2) is 5.58 Å². The Balaban J connectivity index is 1.69. The average molecular weight is 376 g/mol. The lowest BCUT2D eigenvalue weighted by molar-refractivity contribution is -0.148. The number of ether oxygens (including phenoxy) is 2. The summed E-state index contributed by atoms with van der Waals surface area (Å²) in [5, 5.41) is 1.81. The minimum atomic E-state index is -0.866. The number of oxazole rings is 1. The molecule has 0 bridgehead atoms. The van der Waals surface area contributed by atoms with Crippen LogP contribution in [0.5, 0.6) is 0 Å². The number of nitrogens with zero attached hydrogens (tertiary/aromatic N) is 2. The summed E-state index contributed by atoms with van der Waals surface area (Å²) in [6.45, 7) is 3.41. The van der Waals surface area contributed by atoms with E-state index in [2.05, 4.69) is 4.98 Å². The molecule has 1 unspecified atom stereocenters. The van der Waals surface area contributed by atoms with Gasteiger partial charge < -0.3 is 13.9 Å². The molecule has 136 valence electrons. The number of thiazole rings is 1. The molecule has 9 heteroatoms. The minimum Gasteiger partial charge on any atom is -0.461 e. The van der Waals surface area contributed by atoms with E-state index in [1.165, 1.54) is 4.57 Å². The molecule has 0 radical (unpaired) electrons. The molecular weight excluding hydrogens is 360 g/mol. The van der Waals surface area contributed by atoms with Crippen molar-refractivity contribution in [3.8, 4) is 0 Å². The predicted molar refractivity (Wildman–Crippen MR) is 93.1 cm³/mol. The molecule has 0 fully saturated rings. The van der Waals surface area contributed by atoms with Crippen molar-refractivity contribution in [1.82, 2.24) is 9.55 Å². The molecule has 3 rings (SSSR count). The first-order valence-electron chi connectivity index (χ1n) is 7.89. The lowest BCUT2D eigenvalue weighted by atomic mass is 10.3. The number of esters is 2. The number of carbonyl (C=O) groups is 2. The standard InChI is InChI=1S/C17H16N2O6S/c1-3-23-16(21)14-18-11(9-26-14)8-24-15(20)10(2)19-12-6-4-5-7-13(12)25-17(19)22/h4-7,9-10H,3,8H2,1-2H3. The van der Waals surface area contributed by atoms with Gasteiger partial charge >= 0.3 is 17.7 Å². The summed E-state index contributed by atoms with van der Waals surface area (Å²) in [7, 11) is 0. The molecule has 0 saturated heterocycles. The van der Waals surface area contributed by atoms with E-state index in [0.717, 1.165) is 11.3 Å². The largest absolute Gasteiger partial charge is 0.461 e. The molecule has 0 amide bonds. The maximum atomic E-state index is 12.3. The lowest BCUT2D eigenvalue weighted by Crippen LogP contribution is -2.26.